The number of hydrogen-bond donors (Lipinski definition) is 0. The van der Waals surface area contributed by atoms with E-state index in [0.717, 1.165) is 96.3 Å². The summed E-state index contributed by atoms with van der Waals surface area (Å²) in [6.07, 6.45) is 80.7. The average molecular weight is 933 g/mol. The minimum atomic E-state index is -0.869. The van der Waals surface area contributed by atoms with Crippen LogP contribution in [0.1, 0.15) is 181 Å². The minimum Gasteiger partial charge on any atom is -0.462 e. The second-order valence-electron chi connectivity index (χ2n) is 16.3. The number of esters is 3. The molecule has 1 atom stereocenters. The summed E-state index contributed by atoms with van der Waals surface area (Å²) in [5.74, 6) is -1.17. The molecule has 1 unspecified atom stereocenters. The molecule has 0 bridgehead atoms. The molecule has 0 rings (SSSR count). The van der Waals surface area contributed by atoms with Crippen molar-refractivity contribution in [3.63, 3.8) is 0 Å². The van der Waals surface area contributed by atoms with Gasteiger partial charge in [0.05, 0.1) is 0 Å². The van der Waals surface area contributed by atoms with Gasteiger partial charge in [-0.1, -0.05) is 204 Å². The summed E-state index contributed by atoms with van der Waals surface area (Å²) < 4.78 is 16.6. The van der Waals surface area contributed by atoms with E-state index in [1.54, 1.807) is 0 Å². The van der Waals surface area contributed by atoms with Crippen LogP contribution in [-0.2, 0) is 28.6 Å². The molecule has 0 aliphatic rings. The quantitative estimate of drug-likeness (QED) is 0.0262. The van der Waals surface area contributed by atoms with Crippen LogP contribution in [0.2, 0.25) is 0 Å². The molecule has 0 aromatic heterocycles. The Morgan fingerprint density at radius 3 is 0.926 bits per heavy atom. The number of hydrogen-bond acceptors (Lipinski definition) is 6. The van der Waals surface area contributed by atoms with E-state index in [1.165, 1.54) is 25.7 Å². The van der Waals surface area contributed by atoms with Gasteiger partial charge in [0, 0.05) is 19.3 Å². The highest BCUT2D eigenvalue weighted by atomic mass is 16.6. The second-order valence-corrected chi connectivity index (χ2v) is 16.3. The lowest BCUT2D eigenvalue weighted by molar-refractivity contribution is -0.166. The summed E-state index contributed by atoms with van der Waals surface area (Å²) in [4.78, 5) is 38.0. The van der Waals surface area contributed by atoms with Gasteiger partial charge in [-0.15, -0.1) is 0 Å². The minimum absolute atomic E-state index is 0.161. The van der Waals surface area contributed by atoms with E-state index in [0.29, 0.717) is 19.3 Å². The van der Waals surface area contributed by atoms with Crippen molar-refractivity contribution in [3.8, 4) is 0 Å². The largest absolute Gasteiger partial charge is 0.462 e. The van der Waals surface area contributed by atoms with E-state index in [2.05, 4.69) is 179 Å². The highest BCUT2D eigenvalue weighted by molar-refractivity contribution is 5.71. The van der Waals surface area contributed by atoms with Gasteiger partial charge >= 0.3 is 17.9 Å². The van der Waals surface area contributed by atoms with E-state index < -0.39 is 18.0 Å². The smallest absolute Gasteiger partial charge is 0.306 e. The fourth-order valence-corrected chi connectivity index (χ4v) is 6.10. The van der Waals surface area contributed by atoms with Gasteiger partial charge in [0.1, 0.15) is 13.2 Å². The van der Waals surface area contributed by atoms with Crippen molar-refractivity contribution in [2.45, 2.75) is 187 Å². The van der Waals surface area contributed by atoms with Crippen molar-refractivity contribution in [1.29, 1.82) is 0 Å². The number of ether oxygens (including phenoxy) is 3. The summed E-state index contributed by atoms with van der Waals surface area (Å²) in [6, 6.07) is 0. The fraction of sp³-hybridized carbons (Fsp3) is 0.500. The maximum Gasteiger partial charge on any atom is 0.306 e. The zero-order valence-corrected chi connectivity index (χ0v) is 42.8. The molecule has 0 radical (unpaired) electrons. The van der Waals surface area contributed by atoms with Crippen LogP contribution in [0, 0.1) is 0 Å². The molecule has 0 saturated carbocycles. The normalized spacial score (nSPS) is 13.5. The first-order chi connectivity index (χ1) is 33.5. The standard InChI is InChI=1S/C62H92O6/c1-4-7-10-13-16-19-22-25-28-31-34-37-40-43-46-49-52-55-61(64)67-58-59(57-66-60(63)54-51-48-45-42-39-36-33-30-27-24-21-18-15-12-9-6-3)68-62(65)56-53-50-47-44-41-38-35-32-29-26-23-20-17-14-11-8-5-2/h7,9-10,12,16-21,25-30,34-39,43-48,59H,4-6,8,11,13-15,22-24,31-33,40-42,49-58H2,1-3H3/b10-7-,12-9-,19-16-,20-17-,21-18-,28-25-,29-26-,30-27-,37-34-,38-35-,39-36-,46-43-,47-44-,48-45-. The van der Waals surface area contributed by atoms with Crippen molar-refractivity contribution >= 4 is 17.9 Å². The van der Waals surface area contributed by atoms with Crippen LogP contribution in [0.5, 0.6) is 0 Å². The van der Waals surface area contributed by atoms with Crippen molar-refractivity contribution in [3.05, 3.63) is 170 Å². The lowest BCUT2D eigenvalue weighted by Gasteiger charge is -2.18. The third-order valence-electron chi connectivity index (χ3n) is 9.95. The monoisotopic (exact) mass is 933 g/mol. The summed E-state index contributed by atoms with van der Waals surface area (Å²) >= 11 is 0. The molecule has 0 fully saturated rings. The van der Waals surface area contributed by atoms with Gasteiger partial charge in [-0.2, -0.15) is 0 Å². The predicted octanol–water partition coefficient (Wildman–Crippen LogP) is 17.6. The number of rotatable bonds is 44. The van der Waals surface area contributed by atoms with E-state index in [1.807, 2.05) is 12.2 Å². The third-order valence-corrected chi connectivity index (χ3v) is 9.95. The van der Waals surface area contributed by atoms with Gasteiger partial charge in [-0.05, 0) is 128 Å². The fourth-order valence-electron chi connectivity index (χ4n) is 6.10. The molecule has 6 heteroatoms. The van der Waals surface area contributed by atoms with Crippen LogP contribution in [0.3, 0.4) is 0 Å². The van der Waals surface area contributed by atoms with Crippen LogP contribution < -0.4 is 0 Å². The molecule has 0 aliphatic carbocycles. The molecule has 0 N–H and O–H groups in total. The summed E-state index contributed by atoms with van der Waals surface area (Å²) in [6.45, 7) is 6.18. The molecule has 0 aromatic rings. The summed E-state index contributed by atoms with van der Waals surface area (Å²) in [5.41, 5.74) is 0. The van der Waals surface area contributed by atoms with Gasteiger partial charge in [0.25, 0.3) is 0 Å². The Morgan fingerprint density at radius 1 is 0.309 bits per heavy atom. The molecule has 0 saturated heterocycles. The number of allylic oxidation sites excluding steroid dienone is 28. The van der Waals surface area contributed by atoms with Gasteiger partial charge in [0.15, 0.2) is 6.10 Å². The van der Waals surface area contributed by atoms with Crippen molar-refractivity contribution < 1.29 is 28.6 Å². The molecule has 0 heterocycles. The molecule has 0 spiro atoms. The van der Waals surface area contributed by atoms with E-state index >= 15 is 0 Å². The number of carbonyl (C=O) groups excluding carboxylic acids is 3. The number of unbranched alkanes of at least 4 members (excludes halogenated alkanes) is 5. The Balaban J connectivity index is 4.72. The van der Waals surface area contributed by atoms with Gasteiger partial charge in [0.2, 0.25) is 0 Å². The van der Waals surface area contributed by atoms with Crippen LogP contribution in [0.4, 0.5) is 0 Å². The topological polar surface area (TPSA) is 78.9 Å². The second kappa shape index (κ2) is 54.4. The Kier molecular flexibility index (Phi) is 50.2. The van der Waals surface area contributed by atoms with Crippen molar-refractivity contribution in [1.82, 2.24) is 0 Å². The van der Waals surface area contributed by atoms with Crippen LogP contribution >= 0.6 is 0 Å². The molecule has 68 heavy (non-hydrogen) atoms. The van der Waals surface area contributed by atoms with E-state index in [9.17, 15) is 14.4 Å². The Morgan fingerprint density at radius 2 is 0.588 bits per heavy atom. The van der Waals surface area contributed by atoms with Gasteiger partial charge in [-0.3, -0.25) is 14.4 Å². The molecule has 376 valence electrons. The Hall–Kier alpha value is -5.23. The molecule has 0 aliphatic heterocycles. The first kappa shape index (κ1) is 62.8. The number of carbonyl (C=O) groups is 3. The van der Waals surface area contributed by atoms with Crippen LogP contribution in [0.25, 0.3) is 0 Å². The van der Waals surface area contributed by atoms with Crippen LogP contribution in [-0.4, -0.2) is 37.2 Å². The maximum absolute atomic E-state index is 12.8. The predicted molar refractivity (Wildman–Crippen MR) is 292 cm³/mol. The summed E-state index contributed by atoms with van der Waals surface area (Å²) in [7, 11) is 0. The maximum atomic E-state index is 12.8. The molecular weight excluding hydrogens is 841 g/mol. The zero-order valence-electron chi connectivity index (χ0n) is 42.8. The molecule has 6 nitrogen and oxygen atoms in total. The molecule has 0 amide bonds. The zero-order chi connectivity index (χ0) is 49.3. The Bertz CT molecular complexity index is 1640. The van der Waals surface area contributed by atoms with Crippen molar-refractivity contribution in [2.24, 2.45) is 0 Å². The third kappa shape index (κ3) is 51.7. The summed E-state index contributed by atoms with van der Waals surface area (Å²) in [5, 5.41) is 0. The van der Waals surface area contributed by atoms with Crippen LogP contribution in [0.15, 0.2) is 170 Å². The Labute approximate surface area is 415 Å². The first-order valence-corrected chi connectivity index (χ1v) is 26.1. The lowest BCUT2D eigenvalue weighted by atomic mass is 10.2. The van der Waals surface area contributed by atoms with Gasteiger partial charge < -0.3 is 14.2 Å². The van der Waals surface area contributed by atoms with Gasteiger partial charge in [-0.25, -0.2) is 0 Å². The molecule has 0 aromatic carbocycles. The van der Waals surface area contributed by atoms with Crippen molar-refractivity contribution in [2.75, 3.05) is 13.2 Å². The highest BCUT2D eigenvalue weighted by Gasteiger charge is 2.19. The highest BCUT2D eigenvalue weighted by Crippen LogP contribution is 2.08. The molecular formula is C62H92O6. The first-order valence-electron chi connectivity index (χ1n) is 26.1. The van der Waals surface area contributed by atoms with E-state index in [-0.39, 0.29) is 38.4 Å². The van der Waals surface area contributed by atoms with E-state index in [4.69, 9.17) is 14.2 Å². The lowest BCUT2D eigenvalue weighted by Crippen LogP contribution is -2.30. The average Bonchev–Trinajstić information content (AvgIpc) is 3.34. The SMILES string of the molecule is CC/C=C\C/C=C\C/C=C\C/C=C\C/C=C\CCCC(=O)OCC(COC(=O)CC/C=C\C/C=C\C/C=C\C/C=C\C/C=C\CC)OC(=O)CCC/C=C\C/C=C\C/C=C\C/C=C\CCCCC.